The van der Waals surface area contributed by atoms with E-state index in [0.717, 1.165) is 13.2 Å². The zero-order valence-electron chi connectivity index (χ0n) is 17.3. The number of fused-ring (bicyclic) bond motifs is 3. The zero-order chi connectivity index (χ0) is 20.0. The van der Waals surface area contributed by atoms with Crippen molar-refractivity contribution in [2.24, 2.45) is 0 Å². The van der Waals surface area contributed by atoms with E-state index in [-0.39, 0.29) is 0 Å². The van der Waals surface area contributed by atoms with Crippen molar-refractivity contribution in [2.45, 2.75) is 44.2 Å². The number of thioether (sulfide) groups is 1. The lowest BCUT2D eigenvalue weighted by Crippen LogP contribution is -2.45. The molecule has 3 nitrogen and oxygen atoms in total. The van der Waals surface area contributed by atoms with Gasteiger partial charge in [-0.15, -0.1) is 0 Å². The van der Waals surface area contributed by atoms with Crippen LogP contribution in [0.5, 0.6) is 0 Å². The van der Waals surface area contributed by atoms with Gasteiger partial charge in [-0.3, -0.25) is 0 Å². The SMILES string of the molecule is Cc1cc(C=C2Sc3ccc4ccccc4c3N2C)cc(C)[n+]1C[C@@H]1CCCO1. The summed E-state index contributed by atoms with van der Waals surface area (Å²) in [6.45, 7) is 6.28. The third-order valence-corrected chi connectivity index (χ3v) is 7.20. The van der Waals surface area contributed by atoms with Gasteiger partial charge in [0, 0.05) is 49.9 Å². The van der Waals surface area contributed by atoms with E-state index in [1.54, 1.807) is 0 Å². The fourth-order valence-corrected chi connectivity index (χ4v) is 5.67. The number of hydrogen-bond acceptors (Lipinski definition) is 3. The largest absolute Gasteiger partial charge is 0.372 e. The molecule has 2 aromatic carbocycles. The van der Waals surface area contributed by atoms with Gasteiger partial charge in [0.05, 0.1) is 10.7 Å². The van der Waals surface area contributed by atoms with Crippen molar-refractivity contribution in [3.63, 3.8) is 0 Å². The Bertz CT molecular complexity index is 1090. The van der Waals surface area contributed by atoms with Crippen LogP contribution in [-0.2, 0) is 11.3 Å². The summed E-state index contributed by atoms with van der Waals surface area (Å²) in [5.74, 6) is 0. The zero-order valence-corrected chi connectivity index (χ0v) is 18.1. The van der Waals surface area contributed by atoms with Crippen LogP contribution < -0.4 is 9.47 Å². The van der Waals surface area contributed by atoms with Crippen LogP contribution in [0.15, 0.2) is 58.5 Å². The molecular formula is C25H27N2OS+. The van der Waals surface area contributed by atoms with Gasteiger partial charge in [0.15, 0.2) is 17.9 Å². The maximum absolute atomic E-state index is 5.85. The van der Waals surface area contributed by atoms with Crippen molar-refractivity contribution in [3.05, 3.63) is 70.5 Å². The second kappa shape index (κ2) is 7.51. The minimum absolute atomic E-state index is 0.362. The van der Waals surface area contributed by atoms with Gasteiger partial charge in [0.1, 0.15) is 6.10 Å². The first kappa shape index (κ1) is 18.7. The van der Waals surface area contributed by atoms with Gasteiger partial charge in [-0.2, -0.15) is 4.57 Å². The van der Waals surface area contributed by atoms with Gasteiger partial charge < -0.3 is 9.64 Å². The molecule has 0 aliphatic carbocycles. The molecule has 0 unspecified atom stereocenters. The van der Waals surface area contributed by atoms with E-state index >= 15 is 0 Å². The third kappa shape index (κ3) is 3.45. The number of nitrogens with zero attached hydrogens (tertiary/aromatic N) is 2. The normalized spacial score (nSPS) is 20.0. The minimum atomic E-state index is 0.362. The summed E-state index contributed by atoms with van der Waals surface area (Å²) in [5.41, 5.74) is 5.16. The number of aryl methyl sites for hydroxylation is 2. The smallest absolute Gasteiger partial charge is 0.179 e. The molecule has 1 atom stereocenters. The predicted octanol–water partition coefficient (Wildman–Crippen LogP) is 5.46. The lowest BCUT2D eigenvalue weighted by Gasteiger charge is -2.16. The number of hydrogen-bond donors (Lipinski definition) is 0. The number of rotatable bonds is 3. The summed E-state index contributed by atoms with van der Waals surface area (Å²) < 4.78 is 8.24. The van der Waals surface area contributed by atoms with Gasteiger partial charge in [0.2, 0.25) is 0 Å². The Hall–Kier alpha value is -2.30. The van der Waals surface area contributed by atoms with Crippen molar-refractivity contribution in [1.29, 1.82) is 0 Å². The van der Waals surface area contributed by atoms with Crippen molar-refractivity contribution in [2.75, 3.05) is 18.6 Å². The summed E-state index contributed by atoms with van der Waals surface area (Å²) in [5, 5.41) is 3.88. The highest BCUT2D eigenvalue weighted by atomic mass is 32.2. The lowest BCUT2D eigenvalue weighted by molar-refractivity contribution is -0.714. The molecule has 29 heavy (non-hydrogen) atoms. The summed E-state index contributed by atoms with van der Waals surface area (Å²) in [6, 6.07) is 17.7. The van der Waals surface area contributed by atoms with Crippen LogP contribution in [0, 0.1) is 13.8 Å². The van der Waals surface area contributed by atoms with Crippen LogP contribution in [0.4, 0.5) is 5.69 Å². The Morgan fingerprint density at radius 2 is 1.93 bits per heavy atom. The van der Waals surface area contributed by atoms with E-state index in [2.05, 4.69) is 85.0 Å². The Labute approximate surface area is 177 Å². The molecular weight excluding hydrogens is 376 g/mol. The summed E-state index contributed by atoms with van der Waals surface area (Å²) in [4.78, 5) is 3.66. The molecule has 0 amide bonds. The molecule has 0 bridgehead atoms. The number of pyridine rings is 1. The molecule has 0 radical (unpaired) electrons. The van der Waals surface area contributed by atoms with Crippen molar-refractivity contribution in [1.82, 2.24) is 0 Å². The van der Waals surface area contributed by atoms with E-state index in [1.165, 1.54) is 56.2 Å². The molecule has 3 aromatic rings. The molecule has 148 valence electrons. The Kier molecular flexibility index (Phi) is 4.84. The number of anilines is 1. The van der Waals surface area contributed by atoms with Gasteiger partial charge >= 0.3 is 0 Å². The minimum Gasteiger partial charge on any atom is -0.372 e. The molecule has 1 saturated heterocycles. The van der Waals surface area contributed by atoms with Crippen LogP contribution in [-0.4, -0.2) is 19.8 Å². The fraction of sp³-hybridized carbons (Fsp3) is 0.320. The molecule has 5 rings (SSSR count). The van der Waals surface area contributed by atoms with E-state index in [1.807, 2.05) is 11.8 Å². The molecule has 0 spiro atoms. The number of aromatic nitrogens is 1. The highest BCUT2D eigenvalue weighted by molar-refractivity contribution is 8.04. The average molecular weight is 404 g/mol. The van der Waals surface area contributed by atoms with E-state index < -0.39 is 0 Å². The molecule has 1 aromatic heterocycles. The molecule has 2 aliphatic rings. The Morgan fingerprint density at radius 3 is 2.69 bits per heavy atom. The van der Waals surface area contributed by atoms with Gasteiger partial charge in [-0.1, -0.05) is 42.1 Å². The first-order valence-electron chi connectivity index (χ1n) is 10.4. The molecule has 0 saturated carbocycles. The van der Waals surface area contributed by atoms with Crippen LogP contribution in [0.1, 0.15) is 29.8 Å². The Balaban J connectivity index is 1.46. The maximum Gasteiger partial charge on any atom is 0.179 e. The van der Waals surface area contributed by atoms with Crippen LogP contribution in [0.2, 0.25) is 0 Å². The lowest BCUT2D eigenvalue weighted by atomic mass is 10.1. The topological polar surface area (TPSA) is 16.4 Å². The van der Waals surface area contributed by atoms with Gasteiger partial charge in [-0.25, -0.2) is 0 Å². The van der Waals surface area contributed by atoms with Crippen LogP contribution >= 0.6 is 11.8 Å². The summed E-state index contributed by atoms with van der Waals surface area (Å²) in [6.07, 6.45) is 5.04. The summed E-state index contributed by atoms with van der Waals surface area (Å²) >= 11 is 1.86. The van der Waals surface area contributed by atoms with Gasteiger partial charge in [-0.05, 0) is 35.9 Å². The first-order valence-corrected chi connectivity index (χ1v) is 11.2. The maximum atomic E-state index is 5.85. The summed E-state index contributed by atoms with van der Waals surface area (Å²) in [7, 11) is 2.18. The number of benzene rings is 2. The van der Waals surface area contributed by atoms with Crippen molar-refractivity contribution < 1.29 is 9.30 Å². The number of ether oxygens (including phenoxy) is 1. The van der Waals surface area contributed by atoms with Crippen LogP contribution in [0.3, 0.4) is 0 Å². The molecule has 2 aliphatic heterocycles. The second-order valence-corrected chi connectivity index (χ2v) is 9.16. The fourth-order valence-electron chi connectivity index (χ4n) is 4.54. The average Bonchev–Trinajstić information content (AvgIpc) is 3.33. The predicted molar refractivity (Wildman–Crippen MR) is 121 cm³/mol. The molecule has 1 fully saturated rings. The van der Waals surface area contributed by atoms with Gasteiger partial charge in [0.25, 0.3) is 0 Å². The van der Waals surface area contributed by atoms with E-state index in [9.17, 15) is 0 Å². The van der Waals surface area contributed by atoms with Crippen LogP contribution in [0.25, 0.3) is 16.8 Å². The highest BCUT2D eigenvalue weighted by Crippen LogP contribution is 2.49. The highest BCUT2D eigenvalue weighted by Gasteiger charge is 2.26. The molecule has 3 heterocycles. The molecule has 4 heteroatoms. The quantitative estimate of drug-likeness (QED) is 0.540. The molecule has 0 N–H and O–H groups in total. The monoisotopic (exact) mass is 403 g/mol. The van der Waals surface area contributed by atoms with Crippen molar-refractivity contribution >= 4 is 34.3 Å². The third-order valence-electron chi connectivity index (χ3n) is 6.05. The van der Waals surface area contributed by atoms with E-state index in [4.69, 9.17) is 4.74 Å². The first-order chi connectivity index (χ1) is 14.1. The second-order valence-electron chi connectivity index (χ2n) is 8.09. The van der Waals surface area contributed by atoms with E-state index in [0.29, 0.717) is 6.10 Å². The Morgan fingerprint density at radius 1 is 1.14 bits per heavy atom. The van der Waals surface area contributed by atoms with Crippen molar-refractivity contribution in [3.8, 4) is 0 Å². The standard InChI is InChI=1S/C25H27N2OS/c1-17-13-19(14-18(2)27(17)16-21-8-6-12-28-21)15-24-26(3)25-22-9-5-4-7-20(22)10-11-23(25)29-24/h4-5,7,9-11,13-15,21H,6,8,12,16H2,1-3H3/q+1/t21-/m0/s1.